The number of anilines is 1. The van der Waals surface area contributed by atoms with Crippen LogP contribution in [0.1, 0.15) is 48.0 Å². The van der Waals surface area contributed by atoms with Crippen molar-refractivity contribution in [2.24, 2.45) is 5.92 Å². The van der Waals surface area contributed by atoms with Crippen LogP contribution >= 0.6 is 11.3 Å². The molecule has 1 saturated carbocycles. The fourth-order valence-electron chi connectivity index (χ4n) is 3.28. The fraction of sp³-hybridized carbons (Fsp3) is 0.400. The highest BCUT2D eigenvalue weighted by molar-refractivity contribution is 7.15. The van der Waals surface area contributed by atoms with Gasteiger partial charge in [0.15, 0.2) is 0 Å². The van der Waals surface area contributed by atoms with Crippen molar-refractivity contribution >= 4 is 28.2 Å². The molecule has 0 bridgehead atoms. The van der Waals surface area contributed by atoms with Gasteiger partial charge in [0.2, 0.25) is 5.91 Å². The number of amides is 1. The number of carbonyl (C=O) groups is 2. The lowest BCUT2D eigenvalue weighted by atomic mass is 9.88. The van der Waals surface area contributed by atoms with Crippen LogP contribution in [0.25, 0.3) is 11.1 Å². The van der Waals surface area contributed by atoms with E-state index in [0.29, 0.717) is 10.6 Å². The predicted octanol–water partition coefficient (Wildman–Crippen LogP) is 5.03. The number of carbonyl (C=O) groups excluding carboxylic acids is 2. The van der Waals surface area contributed by atoms with Crippen molar-refractivity contribution in [3.8, 4) is 11.1 Å². The summed E-state index contributed by atoms with van der Waals surface area (Å²) in [6.07, 6.45) is 5.25. The van der Waals surface area contributed by atoms with Gasteiger partial charge in [-0.3, -0.25) is 4.79 Å². The molecule has 1 aromatic carbocycles. The molecule has 25 heavy (non-hydrogen) atoms. The largest absolute Gasteiger partial charge is 0.465 e. The second-order valence-electron chi connectivity index (χ2n) is 6.54. The Morgan fingerprint density at radius 1 is 1.12 bits per heavy atom. The normalized spacial score (nSPS) is 15.0. The first-order chi connectivity index (χ1) is 12.1. The van der Waals surface area contributed by atoms with Crippen LogP contribution in [0.4, 0.5) is 5.00 Å². The first-order valence-electron chi connectivity index (χ1n) is 8.68. The molecule has 1 amide bonds. The minimum Gasteiger partial charge on any atom is -0.465 e. The average Bonchev–Trinajstić information content (AvgIpc) is 3.06. The molecule has 4 nitrogen and oxygen atoms in total. The number of ether oxygens (including phenoxy) is 1. The number of benzene rings is 1. The second-order valence-corrected chi connectivity index (χ2v) is 7.41. The molecule has 1 aromatic heterocycles. The van der Waals surface area contributed by atoms with Gasteiger partial charge in [0.25, 0.3) is 0 Å². The first-order valence-corrected chi connectivity index (χ1v) is 9.56. The molecule has 0 radical (unpaired) electrons. The van der Waals surface area contributed by atoms with Gasteiger partial charge in [-0.15, -0.1) is 11.3 Å². The van der Waals surface area contributed by atoms with Crippen molar-refractivity contribution in [2.75, 3.05) is 12.4 Å². The molecular formula is C20H23NO3S. The Morgan fingerprint density at radius 3 is 2.44 bits per heavy atom. The van der Waals surface area contributed by atoms with Crippen LogP contribution in [0.3, 0.4) is 0 Å². The van der Waals surface area contributed by atoms with Gasteiger partial charge in [0, 0.05) is 16.9 Å². The van der Waals surface area contributed by atoms with Crippen molar-refractivity contribution in [1.29, 1.82) is 0 Å². The minimum absolute atomic E-state index is 0.0159. The van der Waals surface area contributed by atoms with Crippen LogP contribution in [0.5, 0.6) is 0 Å². The number of hydrogen-bond donors (Lipinski definition) is 1. The number of nitrogens with one attached hydrogen (secondary N) is 1. The highest BCUT2D eigenvalue weighted by atomic mass is 32.1. The highest BCUT2D eigenvalue weighted by Crippen LogP contribution is 2.37. The molecule has 1 aliphatic rings. The zero-order chi connectivity index (χ0) is 17.8. The summed E-state index contributed by atoms with van der Waals surface area (Å²) in [5.41, 5.74) is 3.35. The Morgan fingerprint density at radius 2 is 1.80 bits per heavy atom. The SMILES string of the molecule is COC(=O)c1c(-c2ccc(C)cc2)csc1NC(=O)C1CCCCC1. The summed E-state index contributed by atoms with van der Waals surface area (Å²) >= 11 is 1.38. The van der Waals surface area contributed by atoms with Gasteiger partial charge in [-0.05, 0) is 25.3 Å². The molecule has 1 N–H and O–H groups in total. The number of esters is 1. The maximum Gasteiger partial charge on any atom is 0.341 e. The van der Waals surface area contributed by atoms with E-state index in [1.54, 1.807) is 0 Å². The molecule has 5 heteroatoms. The van der Waals surface area contributed by atoms with Gasteiger partial charge in [-0.2, -0.15) is 0 Å². The van der Waals surface area contributed by atoms with Crippen molar-refractivity contribution in [2.45, 2.75) is 39.0 Å². The third-order valence-electron chi connectivity index (χ3n) is 4.76. The van der Waals surface area contributed by atoms with Crippen LogP contribution in [-0.2, 0) is 9.53 Å². The van der Waals surface area contributed by atoms with Crippen molar-refractivity contribution in [1.82, 2.24) is 0 Å². The van der Waals surface area contributed by atoms with E-state index in [4.69, 9.17) is 4.74 Å². The van der Waals surface area contributed by atoms with Crippen molar-refractivity contribution < 1.29 is 14.3 Å². The maximum absolute atomic E-state index is 12.6. The molecule has 0 atom stereocenters. The van der Waals surface area contributed by atoms with E-state index in [0.717, 1.165) is 42.4 Å². The first kappa shape index (κ1) is 17.7. The lowest BCUT2D eigenvalue weighted by Crippen LogP contribution is -2.25. The molecule has 132 valence electrons. The summed E-state index contributed by atoms with van der Waals surface area (Å²) in [7, 11) is 1.37. The Balaban J connectivity index is 1.90. The van der Waals surface area contributed by atoms with E-state index in [1.165, 1.54) is 24.9 Å². The Hall–Kier alpha value is -2.14. The predicted molar refractivity (Wildman–Crippen MR) is 101 cm³/mol. The van der Waals surface area contributed by atoms with Crippen molar-refractivity contribution in [3.05, 3.63) is 40.8 Å². The number of methoxy groups -OCH3 is 1. The molecule has 0 aliphatic heterocycles. The number of thiophene rings is 1. The van der Waals surface area contributed by atoms with Crippen LogP contribution in [0.2, 0.25) is 0 Å². The van der Waals surface area contributed by atoms with E-state index in [1.807, 2.05) is 36.6 Å². The van der Waals surface area contributed by atoms with Crippen LogP contribution in [0, 0.1) is 12.8 Å². The van der Waals surface area contributed by atoms with E-state index < -0.39 is 5.97 Å². The summed E-state index contributed by atoms with van der Waals surface area (Å²) < 4.78 is 4.96. The summed E-state index contributed by atoms with van der Waals surface area (Å²) in [4.78, 5) is 24.9. The van der Waals surface area contributed by atoms with Gasteiger partial charge in [0.05, 0.1) is 7.11 Å². The molecule has 1 fully saturated rings. The van der Waals surface area contributed by atoms with Crippen LogP contribution < -0.4 is 5.32 Å². The monoisotopic (exact) mass is 357 g/mol. The van der Waals surface area contributed by atoms with E-state index in [9.17, 15) is 9.59 Å². The quantitative estimate of drug-likeness (QED) is 0.781. The Kier molecular flexibility index (Phi) is 5.53. The summed E-state index contributed by atoms with van der Waals surface area (Å²) in [5, 5.41) is 5.47. The van der Waals surface area contributed by atoms with Crippen molar-refractivity contribution in [3.63, 3.8) is 0 Å². The van der Waals surface area contributed by atoms with E-state index >= 15 is 0 Å². The van der Waals surface area contributed by atoms with Crippen LogP contribution in [0.15, 0.2) is 29.6 Å². The smallest absolute Gasteiger partial charge is 0.341 e. The Bertz CT molecular complexity index is 758. The van der Waals surface area contributed by atoms with Gasteiger partial charge in [0.1, 0.15) is 10.6 Å². The molecule has 1 heterocycles. The van der Waals surface area contributed by atoms with E-state index in [-0.39, 0.29) is 11.8 Å². The number of hydrogen-bond acceptors (Lipinski definition) is 4. The number of rotatable bonds is 4. The molecule has 0 spiro atoms. The lowest BCUT2D eigenvalue weighted by Gasteiger charge is -2.20. The van der Waals surface area contributed by atoms with Gasteiger partial charge in [-0.25, -0.2) is 4.79 Å². The fourth-order valence-corrected chi connectivity index (χ4v) is 4.24. The van der Waals surface area contributed by atoms with Gasteiger partial charge < -0.3 is 10.1 Å². The second kappa shape index (κ2) is 7.83. The highest BCUT2D eigenvalue weighted by Gasteiger charge is 2.26. The Labute approximate surface area is 152 Å². The third kappa shape index (κ3) is 3.93. The maximum atomic E-state index is 12.6. The zero-order valence-corrected chi connectivity index (χ0v) is 15.4. The number of aryl methyl sites for hydroxylation is 1. The molecule has 2 aromatic rings. The summed E-state index contributed by atoms with van der Waals surface area (Å²) in [6, 6.07) is 7.98. The molecule has 0 saturated heterocycles. The average molecular weight is 357 g/mol. The zero-order valence-electron chi connectivity index (χ0n) is 14.6. The third-order valence-corrected chi connectivity index (χ3v) is 5.65. The van der Waals surface area contributed by atoms with Crippen LogP contribution in [-0.4, -0.2) is 19.0 Å². The standard InChI is InChI=1S/C20H23NO3S/c1-13-8-10-14(11-9-13)16-12-25-19(17(16)20(23)24-2)21-18(22)15-6-4-3-5-7-15/h8-12,15H,3-7H2,1-2H3,(H,21,22). The van der Waals surface area contributed by atoms with Gasteiger partial charge in [-0.1, -0.05) is 49.1 Å². The lowest BCUT2D eigenvalue weighted by molar-refractivity contribution is -0.120. The topological polar surface area (TPSA) is 55.4 Å². The molecule has 1 aliphatic carbocycles. The van der Waals surface area contributed by atoms with E-state index in [2.05, 4.69) is 5.32 Å². The minimum atomic E-state index is -0.421. The molecular weight excluding hydrogens is 334 g/mol. The molecule has 3 rings (SSSR count). The van der Waals surface area contributed by atoms with Gasteiger partial charge >= 0.3 is 5.97 Å². The summed E-state index contributed by atoms with van der Waals surface area (Å²) in [6.45, 7) is 2.02. The summed E-state index contributed by atoms with van der Waals surface area (Å²) in [5.74, 6) is -0.359. The molecule has 0 unspecified atom stereocenters.